The highest BCUT2D eigenvalue weighted by molar-refractivity contribution is 5.92. The maximum atomic E-state index is 12.3. The Kier molecular flexibility index (Phi) is 3.74. The van der Waals surface area contributed by atoms with Crippen LogP contribution in [-0.2, 0) is 0 Å². The molecule has 3 rings (SSSR count). The van der Waals surface area contributed by atoms with E-state index in [1.807, 2.05) is 4.68 Å². The van der Waals surface area contributed by atoms with Crippen LogP contribution in [0.5, 0.6) is 0 Å². The van der Waals surface area contributed by atoms with Crippen LogP contribution in [0.25, 0.3) is 0 Å². The zero-order valence-corrected chi connectivity index (χ0v) is 12.1. The molecule has 2 N–H and O–H groups in total. The summed E-state index contributed by atoms with van der Waals surface area (Å²) in [5.74, 6) is -0.0883. The Labute approximate surface area is 119 Å². The smallest absolute Gasteiger partial charge is 0.273 e. The molecule has 0 atom stereocenters. The second-order valence-corrected chi connectivity index (χ2v) is 6.29. The molecule has 1 amide bonds. The van der Waals surface area contributed by atoms with Gasteiger partial charge in [0, 0.05) is 5.54 Å². The average Bonchev–Trinajstić information content (AvgIpc) is 3.09. The highest BCUT2D eigenvalue weighted by Crippen LogP contribution is 2.29. The van der Waals surface area contributed by atoms with Crippen molar-refractivity contribution in [2.75, 3.05) is 13.1 Å². The van der Waals surface area contributed by atoms with Gasteiger partial charge in [0.25, 0.3) is 5.91 Å². The van der Waals surface area contributed by atoms with Crippen LogP contribution in [0.4, 0.5) is 0 Å². The van der Waals surface area contributed by atoms with Gasteiger partial charge in [-0.25, -0.2) is 4.68 Å². The van der Waals surface area contributed by atoms with E-state index in [2.05, 4.69) is 27.9 Å². The number of carbonyl (C=O) groups is 1. The van der Waals surface area contributed by atoms with Gasteiger partial charge in [-0.05, 0) is 45.7 Å². The fourth-order valence-corrected chi connectivity index (χ4v) is 3.25. The largest absolute Gasteiger partial charge is 0.345 e. The molecule has 1 aromatic rings. The first-order chi connectivity index (χ1) is 9.66. The zero-order valence-electron chi connectivity index (χ0n) is 12.1. The van der Waals surface area contributed by atoms with Crippen molar-refractivity contribution >= 4 is 5.91 Å². The number of carbonyl (C=O) groups excluding carboxylic acids is 1. The number of hydrogen-bond acceptors (Lipinski definition) is 4. The molecule has 0 bridgehead atoms. The van der Waals surface area contributed by atoms with Crippen molar-refractivity contribution < 1.29 is 4.79 Å². The maximum Gasteiger partial charge on any atom is 0.273 e. The molecule has 0 unspecified atom stereocenters. The summed E-state index contributed by atoms with van der Waals surface area (Å²) in [7, 11) is 0. The number of aromatic nitrogens is 3. The van der Waals surface area contributed by atoms with Crippen molar-refractivity contribution in [3.63, 3.8) is 0 Å². The predicted octanol–water partition coefficient (Wildman–Crippen LogP) is 1.27. The van der Waals surface area contributed by atoms with E-state index in [1.165, 1.54) is 12.8 Å². The van der Waals surface area contributed by atoms with Crippen molar-refractivity contribution in [2.45, 2.75) is 57.0 Å². The molecule has 0 spiro atoms. The van der Waals surface area contributed by atoms with Crippen LogP contribution < -0.4 is 10.6 Å². The summed E-state index contributed by atoms with van der Waals surface area (Å²) in [4.78, 5) is 12.3. The van der Waals surface area contributed by atoms with Gasteiger partial charge in [0.15, 0.2) is 5.69 Å². The molecule has 0 aromatic carbocycles. The van der Waals surface area contributed by atoms with Crippen molar-refractivity contribution in [3.05, 3.63) is 11.9 Å². The Morgan fingerprint density at radius 2 is 2.10 bits per heavy atom. The standard InChI is InChI=1S/C14H23N5O/c1-14(6-2-3-7-14)16-13(20)12-10-19(18-17-12)11-4-8-15-9-5-11/h10-11,15H,2-9H2,1H3,(H,16,20). The topological polar surface area (TPSA) is 71.8 Å². The highest BCUT2D eigenvalue weighted by Gasteiger charge is 2.31. The Morgan fingerprint density at radius 3 is 2.80 bits per heavy atom. The fourth-order valence-electron chi connectivity index (χ4n) is 3.25. The second kappa shape index (κ2) is 5.52. The quantitative estimate of drug-likeness (QED) is 0.872. The predicted molar refractivity (Wildman–Crippen MR) is 75.5 cm³/mol. The van der Waals surface area contributed by atoms with Gasteiger partial charge >= 0.3 is 0 Å². The van der Waals surface area contributed by atoms with Crippen LogP contribution in [0, 0.1) is 0 Å². The van der Waals surface area contributed by atoms with Crippen LogP contribution in [0.15, 0.2) is 6.20 Å². The van der Waals surface area contributed by atoms with Crippen molar-refractivity contribution in [1.82, 2.24) is 25.6 Å². The number of nitrogens with zero attached hydrogens (tertiary/aromatic N) is 3. The van der Waals surface area contributed by atoms with E-state index in [1.54, 1.807) is 6.20 Å². The summed E-state index contributed by atoms with van der Waals surface area (Å²) in [5, 5.41) is 14.6. The Morgan fingerprint density at radius 1 is 1.40 bits per heavy atom. The molecule has 20 heavy (non-hydrogen) atoms. The molecule has 1 aliphatic carbocycles. The molecule has 110 valence electrons. The number of piperidine rings is 1. The van der Waals surface area contributed by atoms with Gasteiger partial charge in [-0.3, -0.25) is 4.79 Å². The molecule has 0 radical (unpaired) electrons. The van der Waals surface area contributed by atoms with Gasteiger partial charge in [0.2, 0.25) is 0 Å². The molecule has 2 aliphatic rings. The molecular weight excluding hydrogens is 254 g/mol. The minimum atomic E-state index is -0.0883. The average molecular weight is 277 g/mol. The molecule has 2 fully saturated rings. The molecule has 1 aliphatic heterocycles. The lowest BCUT2D eigenvalue weighted by Crippen LogP contribution is -2.43. The van der Waals surface area contributed by atoms with Gasteiger partial charge in [-0.2, -0.15) is 0 Å². The van der Waals surface area contributed by atoms with Crippen LogP contribution in [0.1, 0.15) is 62.0 Å². The number of amides is 1. The second-order valence-electron chi connectivity index (χ2n) is 6.29. The van der Waals surface area contributed by atoms with Crippen LogP contribution in [-0.4, -0.2) is 39.5 Å². The van der Waals surface area contributed by atoms with Crippen LogP contribution in [0.3, 0.4) is 0 Å². The van der Waals surface area contributed by atoms with E-state index in [0.29, 0.717) is 11.7 Å². The fraction of sp³-hybridized carbons (Fsp3) is 0.786. The molecule has 1 saturated carbocycles. The van der Waals surface area contributed by atoms with Gasteiger partial charge in [-0.15, -0.1) is 5.10 Å². The summed E-state index contributed by atoms with van der Waals surface area (Å²) in [6.07, 6.45) is 8.38. The Bertz CT molecular complexity index is 472. The Balaban J connectivity index is 1.65. The first-order valence-electron chi connectivity index (χ1n) is 7.61. The monoisotopic (exact) mass is 277 g/mol. The van der Waals surface area contributed by atoms with Crippen molar-refractivity contribution in [2.24, 2.45) is 0 Å². The van der Waals surface area contributed by atoms with E-state index < -0.39 is 0 Å². The molecule has 2 heterocycles. The molecular formula is C14H23N5O. The van der Waals surface area contributed by atoms with Gasteiger partial charge in [0.1, 0.15) is 0 Å². The van der Waals surface area contributed by atoms with E-state index in [4.69, 9.17) is 0 Å². The summed E-state index contributed by atoms with van der Waals surface area (Å²) >= 11 is 0. The molecule has 1 saturated heterocycles. The number of nitrogens with one attached hydrogen (secondary N) is 2. The normalized spacial score (nSPS) is 22.9. The number of hydrogen-bond donors (Lipinski definition) is 2. The van der Waals surface area contributed by atoms with E-state index in [0.717, 1.165) is 38.8 Å². The molecule has 6 heteroatoms. The van der Waals surface area contributed by atoms with Crippen LogP contribution >= 0.6 is 0 Å². The minimum absolute atomic E-state index is 0.0599. The SMILES string of the molecule is CC1(NC(=O)c2cn(C3CCNCC3)nn2)CCCC1. The van der Waals surface area contributed by atoms with Gasteiger partial charge < -0.3 is 10.6 Å². The highest BCUT2D eigenvalue weighted by atomic mass is 16.2. The third-order valence-corrected chi connectivity index (χ3v) is 4.55. The first-order valence-corrected chi connectivity index (χ1v) is 7.61. The van der Waals surface area contributed by atoms with E-state index in [-0.39, 0.29) is 11.4 Å². The zero-order chi connectivity index (χ0) is 14.0. The Hall–Kier alpha value is -1.43. The van der Waals surface area contributed by atoms with Crippen LogP contribution in [0.2, 0.25) is 0 Å². The first kappa shape index (κ1) is 13.5. The lowest BCUT2D eigenvalue weighted by atomic mass is 10.0. The summed E-state index contributed by atoms with van der Waals surface area (Å²) < 4.78 is 1.85. The molecule has 6 nitrogen and oxygen atoms in total. The van der Waals surface area contributed by atoms with Gasteiger partial charge in [-0.1, -0.05) is 18.1 Å². The van der Waals surface area contributed by atoms with Gasteiger partial charge in [0.05, 0.1) is 12.2 Å². The summed E-state index contributed by atoms with van der Waals surface area (Å²) in [5.41, 5.74) is 0.381. The van der Waals surface area contributed by atoms with Crippen molar-refractivity contribution in [3.8, 4) is 0 Å². The summed E-state index contributed by atoms with van der Waals surface area (Å²) in [6.45, 7) is 4.13. The van der Waals surface area contributed by atoms with Crippen molar-refractivity contribution in [1.29, 1.82) is 0 Å². The minimum Gasteiger partial charge on any atom is -0.345 e. The third-order valence-electron chi connectivity index (χ3n) is 4.55. The third kappa shape index (κ3) is 2.85. The lowest BCUT2D eigenvalue weighted by Gasteiger charge is -2.24. The van der Waals surface area contributed by atoms with E-state index in [9.17, 15) is 4.79 Å². The maximum absolute atomic E-state index is 12.3. The number of rotatable bonds is 3. The lowest BCUT2D eigenvalue weighted by molar-refractivity contribution is 0.0903. The summed E-state index contributed by atoms with van der Waals surface area (Å²) in [6, 6.07) is 0.368. The van der Waals surface area contributed by atoms with E-state index >= 15 is 0 Å². The molecule has 1 aromatic heterocycles.